The summed E-state index contributed by atoms with van der Waals surface area (Å²) in [6, 6.07) is 35.4. The normalized spacial score (nSPS) is 14.3. The maximum atomic E-state index is 13.8. The quantitative estimate of drug-likeness (QED) is 0.141. The summed E-state index contributed by atoms with van der Waals surface area (Å²) in [4.78, 5) is 27.5. The van der Waals surface area contributed by atoms with Crippen LogP contribution in [0.1, 0.15) is 37.0 Å². The number of aryl methyl sites for hydroxylation is 1. The van der Waals surface area contributed by atoms with E-state index in [4.69, 9.17) is 9.47 Å². The molecule has 1 aliphatic rings. The molecule has 0 bridgehead atoms. The number of nitrogens with zero attached hydrogens (tertiary/aromatic N) is 2. The molecule has 0 saturated heterocycles. The molecule has 6 rings (SSSR count). The minimum atomic E-state index is -0.574. The lowest BCUT2D eigenvalue weighted by molar-refractivity contribution is -0.139. The van der Waals surface area contributed by atoms with E-state index >= 15 is 0 Å². The Balaban J connectivity index is 1.35. The Morgan fingerprint density at radius 3 is 2.26 bits per heavy atom. The Kier molecular flexibility index (Phi) is 9.59. The van der Waals surface area contributed by atoms with Crippen molar-refractivity contribution in [1.82, 2.24) is 15.1 Å². The van der Waals surface area contributed by atoms with Crippen molar-refractivity contribution in [2.24, 2.45) is 5.92 Å². The second-order valence-corrected chi connectivity index (χ2v) is 11.2. The fourth-order valence-electron chi connectivity index (χ4n) is 5.91. The topological polar surface area (TPSA) is 82.5 Å². The van der Waals surface area contributed by atoms with Gasteiger partial charge in [0.15, 0.2) is 6.61 Å². The number of esters is 2. The minimum Gasteiger partial charge on any atom is -0.463 e. The molecule has 1 aliphatic heterocycles. The van der Waals surface area contributed by atoms with E-state index < -0.39 is 17.9 Å². The van der Waals surface area contributed by atoms with Gasteiger partial charge in [0, 0.05) is 22.6 Å². The number of carbonyl (C=O) groups excluding carboxylic acids is 2. The van der Waals surface area contributed by atoms with Crippen LogP contribution >= 0.6 is 0 Å². The number of nitrogens with one attached hydrogen (secondary N) is 1. The lowest BCUT2D eigenvalue weighted by Gasteiger charge is -2.31. The van der Waals surface area contributed by atoms with E-state index in [0.717, 1.165) is 33.3 Å². The van der Waals surface area contributed by atoms with E-state index in [9.17, 15) is 9.59 Å². The highest BCUT2D eigenvalue weighted by molar-refractivity contribution is 6.03. The number of rotatable bonds is 9. The van der Waals surface area contributed by atoms with Gasteiger partial charge in [-0.25, -0.2) is 14.3 Å². The second-order valence-electron chi connectivity index (χ2n) is 11.2. The van der Waals surface area contributed by atoms with Gasteiger partial charge in [-0.15, -0.1) is 0 Å². The SMILES string of the molecule is CCOC(=O)C1=C(c2ccc(-n3ncc4ccccc43)cc2)NC(C)=C(C(=O)OCC#Cc2ccccc2)C1CCc1ccccc1. The fourth-order valence-corrected chi connectivity index (χ4v) is 5.91. The van der Waals surface area contributed by atoms with Gasteiger partial charge in [0.1, 0.15) is 0 Å². The molecule has 0 aliphatic carbocycles. The number of hydrogen-bond donors (Lipinski definition) is 1. The molecule has 234 valence electrons. The van der Waals surface area contributed by atoms with Gasteiger partial charge in [0.05, 0.1) is 40.9 Å². The van der Waals surface area contributed by atoms with Crippen LogP contribution in [0.3, 0.4) is 0 Å². The minimum absolute atomic E-state index is 0.0786. The first-order valence-corrected chi connectivity index (χ1v) is 15.7. The summed E-state index contributed by atoms with van der Waals surface area (Å²) in [6.45, 7) is 3.74. The zero-order chi connectivity index (χ0) is 32.6. The van der Waals surface area contributed by atoms with E-state index in [-0.39, 0.29) is 13.2 Å². The van der Waals surface area contributed by atoms with Gasteiger partial charge in [-0.2, -0.15) is 5.10 Å². The van der Waals surface area contributed by atoms with E-state index in [1.807, 2.05) is 127 Å². The predicted octanol–water partition coefficient (Wildman–Crippen LogP) is 7.02. The molecule has 0 spiro atoms. The largest absolute Gasteiger partial charge is 0.463 e. The van der Waals surface area contributed by atoms with Crippen molar-refractivity contribution < 1.29 is 19.1 Å². The highest BCUT2D eigenvalue weighted by atomic mass is 16.5. The number of allylic oxidation sites excluding steroid dienone is 1. The van der Waals surface area contributed by atoms with Crippen LogP contribution < -0.4 is 5.32 Å². The summed E-state index contributed by atoms with van der Waals surface area (Å²) in [7, 11) is 0. The van der Waals surface area contributed by atoms with Crippen molar-refractivity contribution in [3.8, 4) is 17.5 Å². The maximum absolute atomic E-state index is 13.8. The van der Waals surface area contributed by atoms with Gasteiger partial charge in [-0.3, -0.25) is 0 Å². The van der Waals surface area contributed by atoms with Gasteiger partial charge in [0.25, 0.3) is 0 Å². The Labute approximate surface area is 274 Å². The van der Waals surface area contributed by atoms with Gasteiger partial charge in [-0.1, -0.05) is 90.7 Å². The molecular formula is C40H35N3O4. The van der Waals surface area contributed by atoms with Crippen LogP contribution in [-0.2, 0) is 25.5 Å². The van der Waals surface area contributed by atoms with Gasteiger partial charge in [-0.05, 0) is 68.1 Å². The van der Waals surface area contributed by atoms with Crippen LogP contribution in [0.25, 0.3) is 22.3 Å². The van der Waals surface area contributed by atoms with Gasteiger partial charge >= 0.3 is 11.9 Å². The van der Waals surface area contributed by atoms with Crippen LogP contribution in [0.2, 0.25) is 0 Å². The highest BCUT2D eigenvalue weighted by Crippen LogP contribution is 2.38. The highest BCUT2D eigenvalue weighted by Gasteiger charge is 2.38. The molecule has 2 heterocycles. The lowest BCUT2D eigenvalue weighted by atomic mass is 9.80. The molecule has 4 aromatic carbocycles. The monoisotopic (exact) mass is 621 g/mol. The zero-order valence-electron chi connectivity index (χ0n) is 26.4. The van der Waals surface area contributed by atoms with Crippen LogP contribution in [0.4, 0.5) is 0 Å². The van der Waals surface area contributed by atoms with Crippen molar-refractivity contribution >= 4 is 28.5 Å². The molecule has 0 saturated carbocycles. The van der Waals surface area contributed by atoms with Crippen LogP contribution in [0, 0.1) is 17.8 Å². The van der Waals surface area contributed by atoms with E-state index in [1.54, 1.807) is 6.92 Å². The predicted molar refractivity (Wildman–Crippen MR) is 183 cm³/mol. The number of carbonyl (C=O) groups is 2. The van der Waals surface area contributed by atoms with Crippen LogP contribution in [0.15, 0.2) is 132 Å². The molecule has 1 N–H and O–H groups in total. The molecule has 0 radical (unpaired) electrons. The zero-order valence-corrected chi connectivity index (χ0v) is 26.4. The Bertz CT molecular complexity index is 2010. The average Bonchev–Trinajstić information content (AvgIpc) is 3.54. The fraction of sp³-hybridized carbons (Fsp3) is 0.175. The molecule has 1 aromatic heterocycles. The van der Waals surface area contributed by atoms with Crippen LogP contribution in [0.5, 0.6) is 0 Å². The van der Waals surface area contributed by atoms with Gasteiger partial charge < -0.3 is 14.8 Å². The van der Waals surface area contributed by atoms with Crippen molar-refractivity contribution in [1.29, 1.82) is 0 Å². The summed E-state index contributed by atoms with van der Waals surface area (Å²) in [5, 5.41) is 9.00. The standard InChI is InChI=1S/C40H35N3O4/c1-3-46-40(45)37-34(25-20-30-15-8-5-9-16-30)36(39(44)47-26-12-17-29-13-6-4-7-14-29)28(2)42-38(37)31-21-23-33(24-22-31)43-35-19-11-10-18-32(35)27-41-43/h4-11,13-16,18-19,21-24,27,34,42H,3,20,25-26H2,1-2H3. The molecule has 0 fully saturated rings. The molecule has 47 heavy (non-hydrogen) atoms. The summed E-state index contributed by atoms with van der Waals surface area (Å²) in [6.07, 6.45) is 2.98. The Morgan fingerprint density at radius 2 is 1.51 bits per heavy atom. The summed E-state index contributed by atoms with van der Waals surface area (Å²) in [5.41, 5.74) is 6.64. The third kappa shape index (κ3) is 7.03. The smallest absolute Gasteiger partial charge is 0.337 e. The molecule has 1 atom stereocenters. The molecule has 0 amide bonds. The Morgan fingerprint density at radius 1 is 0.830 bits per heavy atom. The van der Waals surface area contributed by atoms with Crippen molar-refractivity contribution in [2.75, 3.05) is 13.2 Å². The molecule has 1 unspecified atom stereocenters. The first-order chi connectivity index (χ1) is 23.0. The van der Waals surface area contributed by atoms with Crippen molar-refractivity contribution in [3.63, 3.8) is 0 Å². The number of aromatic nitrogens is 2. The molecule has 7 nitrogen and oxygen atoms in total. The van der Waals surface area contributed by atoms with E-state index in [1.165, 1.54) is 0 Å². The maximum Gasteiger partial charge on any atom is 0.337 e. The first-order valence-electron chi connectivity index (χ1n) is 15.7. The number of hydrogen-bond acceptors (Lipinski definition) is 6. The number of fused-ring (bicyclic) bond motifs is 1. The molecular weight excluding hydrogens is 586 g/mol. The summed E-state index contributed by atoms with van der Waals surface area (Å²) >= 11 is 0. The summed E-state index contributed by atoms with van der Waals surface area (Å²) in [5.74, 6) is 4.38. The van der Waals surface area contributed by atoms with Crippen molar-refractivity contribution in [2.45, 2.75) is 26.7 Å². The molecule has 7 heteroatoms. The third-order valence-electron chi connectivity index (χ3n) is 8.12. The lowest BCUT2D eigenvalue weighted by Crippen LogP contribution is -2.34. The number of ether oxygens (including phenoxy) is 2. The van der Waals surface area contributed by atoms with Gasteiger partial charge in [0.2, 0.25) is 0 Å². The van der Waals surface area contributed by atoms with E-state index in [2.05, 4.69) is 22.3 Å². The van der Waals surface area contributed by atoms with Crippen LogP contribution in [-0.4, -0.2) is 34.9 Å². The van der Waals surface area contributed by atoms with E-state index in [0.29, 0.717) is 35.4 Å². The summed E-state index contributed by atoms with van der Waals surface area (Å²) < 4.78 is 13.2. The van der Waals surface area contributed by atoms with Crippen molar-refractivity contribution in [3.05, 3.63) is 149 Å². The first kappa shape index (κ1) is 31.1. The number of benzene rings is 4. The number of dihydropyridines is 1. The third-order valence-corrected chi connectivity index (χ3v) is 8.12. The number of para-hydroxylation sites is 1. The second kappa shape index (κ2) is 14.5. The molecule has 5 aromatic rings. The Hall–Kier alpha value is -5.87. The average molecular weight is 622 g/mol.